The fourth-order valence-electron chi connectivity index (χ4n) is 3.23. The summed E-state index contributed by atoms with van der Waals surface area (Å²) in [6.07, 6.45) is 5.79. The van der Waals surface area contributed by atoms with Crippen LogP contribution in [-0.4, -0.2) is 23.0 Å². The van der Waals surface area contributed by atoms with E-state index in [0.29, 0.717) is 19.1 Å². The van der Waals surface area contributed by atoms with E-state index >= 15 is 0 Å². The molecule has 0 spiro atoms. The lowest BCUT2D eigenvalue weighted by Gasteiger charge is -2.24. The highest BCUT2D eigenvalue weighted by atomic mass is 16.5. The number of benzene rings is 1. The maximum Gasteiger partial charge on any atom is 0.119 e. The minimum Gasteiger partial charge on any atom is -0.494 e. The first-order chi connectivity index (χ1) is 11.4. The van der Waals surface area contributed by atoms with E-state index in [-0.39, 0.29) is 0 Å². The van der Waals surface area contributed by atoms with Crippen LogP contribution in [0.5, 0.6) is 5.75 Å². The number of hydrogen-bond acceptors (Lipinski definition) is 3. The summed E-state index contributed by atoms with van der Waals surface area (Å²) < 4.78 is 5.74. The van der Waals surface area contributed by atoms with Gasteiger partial charge in [-0.25, -0.2) is 0 Å². The van der Waals surface area contributed by atoms with E-state index < -0.39 is 0 Å². The Bertz CT molecular complexity index is 645. The van der Waals surface area contributed by atoms with Crippen LogP contribution >= 0.6 is 0 Å². The van der Waals surface area contributed by atoms with E-state index in [2.05, 4.69) is 46.3 Å². The molecule has 1 aromatic heterocycles. The zero-order valence-corrected chi connectivity index (χ0v) is 13.4. The molecular weight excluding hydrogens is 286 g/mol. The van der Waals surface area contributed by atoms with Gasteiger partial charge in [0.25, 0.3) is 0 Å². The van der Waals surface area contributed by atoms with Gasteiger partial charge in [0.2, 0.25) is 0 Å². The molecule has 1 atom stereocenters. The van der Waals surface area contributed by atoms with Gasteiger partial charge in [0.15, 0.2) is 0 Å². The van der Waals surface area contributed by atoms with E-state index in [4.69, 9.17) is 10.00 Å². The number of rotatable bonds is 7. The van der Waals surface area contributed by atoms with Crippen LogP contribution in [0.15, 0.2) is 42.6 Å². The van der Waals surface area contributed by atoms with Crippen LogP contribution in [0.3, 0.4) is 0 Å². The van der Waals surface area contributed by atoms with Crippen LogP contribution in [0.4, 0.5) is 0 Å². The van der Waals surface area contributed by atoms with Gasteiger partial charge >= 0.3 is 0 Å². The first-order valence-corrected chi connectivity index (χ1v) is 8.33. The maximum absolute atomic E-state index is 8.56. The lowest BCUT2D eigenvalue weighted by atomic mass is 10.1. The van der Waals surface area contributed by atoms with Crippen molar-refractivity contribution in [3.63, 3.8) is 0 Å². The summed E-state index contributed by atoms with van der Waals surface area (Å²) in [6.45, 7) is 2.68. The minimum atomic E-state index is 0.491. The molecule has 2 aromatic rings. The molecule has 1 saturated heterocycles. The normalized spacial score (nSPS) is 18.0. The number of H-pyrrole nitrogens is 1. The van der Waals surface area contributed by atoms with Crippen LogP contribution in [0.1, 0.15) is 43.0 Å². The standard InChI is InChI=1S/C19H23N3O/c20-10-1-2-13-23-17-7-3-6-16(14-17)15-22-12-5-9-19(22)18-8-4-11-21-18/h3-4,6-8,11,14,19,21H,1-2,5,9,12-13,15H2/t19-/m1/s1. The molecule has 2 heterocycles. The Kier molecular flexibility index (Phi) is 5.33. The number of nitriles is 1. The van der Waals surface area contributed by atoms with Crippen LogP contribution in [0.2, 0.25) is 0 Å². The smallest absolute Gasteiger partial charge is 0.119 e. The second-order valence-corrected chi connectivity index (χ2v) is 6.01. The molecule has 0 unspecified atom stereocenters. The number of unbranched alkanes of at least 4 members (excludes halogenated alkanes) is 1. The number of likely N-dealkylation sites (tertiary alicyclic amines) is 1. The summed E-state index contributed by atoms with van der Waals surface area (Å²) in [5, 5.41) is 8.56. The topological polar surface area (TPSA) is 52.0 Å². The van der Waals surface area contributed by atoms with Gasteiger partial charge in [0, 0.05) is 24.9 Å². The molecule has 0 saturated carbocycles. The molecule has 0 bridgehead atoms. The fraction of sp³-hybridized carbons (Fsp3) is 0.421. The Morgan fingerprint density at radius 1 is 1.30 bits per heavy atom. The molecule has 1 aromatic carbocycles. The van der Waals surface area contributed by atoms with Crippen LogP contribution in [0, 0.1) is 11.3 Å². The molecular formula is C19H23N3O. The molecule has 23 heavy (non-hydrogen) atoms. The molecule has 0 aliphatic carbocycles. The monoisotopic (exact) mass is 309 g/mol. The predicted octanol–water partition coefficient (Wildman–Crippen LogP) is 4.03. The molecule has 120 valence electrons. The molecule has 3 rings (SSSR count). The molecule has 1 aliphatic rings. The van der Waals surface area contributed by atoms with Gasteiger partial charge in [-0.15, -0.1) is 0 Å². The highest BCUT2D eigenvalue weighted by Crippen LogP contribution is 2.32. The summed E-state index contributed by atoms with van der Waals surface area (Å²) in [5.74, 6) is 0.899. The van der Waals surface area contributed by atoms with Crippen molar-refractivity contribution >= 4 is 0 Å². The zero-order valence-electron chi connectivity index (χ0n) is 13.4. The average molecular weight is 309 g/mol. The Labute approximate surface area is 137 Å². The number of aromatic nitrogens is 1. The van der Waals surface area contributed by atoms with Gasteiger partial charge in [0.1, 0.15) is 5.75 Å². The minimum absolute atomic E-state index is 0.491. The first kappa shape index (κ1) is 15.6. The van der Waals surface area contributed by atoms with E-state index in [1.807, 2.05) is 12.3 Å². The predicted molar refractivity (Wildman–Crippen MR) is 90.0 cm³/mol. The van der Waals surface area contributed by atoms with Gasteiger partial charge in [-0.05, 0) is 55.6 Å². The van der Waals surface area contributed by atoms with Crippen molar-refractivity contribution in [1.82, 2.24) is 9.88 Å². The van der Waals surface area contributed by atoms with Gasteiger partial charge in [-0.3, -0.25) is 4.90 Å². The highest BCUT2D eigenvalue weighted by Gasteiger charge is 2.26. The van der Waals surface area contributed by atoms with Crippen molar-refractivity contribution in [2.24, 2.45) is 0 Å². The summed E-state index contributed by atoms with van der Waals surface area (Å²) in [7, 11) is 0. The Morgan fingerprint density at radius 3 is 3.09 bits per heavy atom. The van der Waals surface area contributed by atoms with Crippen molar-refractivity contribution in [3.8, 4) is 11.8 Å². The largest absolute Gasteiger partial charge is 0.494 e. The van der Waals surface area contributed by atoms with Gasteiger partial charge < -0.3 is 9.72 Å². The third-order valence-electron chi connectivity index (χ3n) is 4.33. The lowest BCUT2D eigenvalue weighted by molar-refractivity contribution is 0.244. The quantitative estimate of drug-likeness (QED) is 0.785. The Morgan fingerprint density at radius 2 is 2.26 bits per heavy atom. The van der Waals surface area contributed by atoms with Gasteiger partial charge in [-0.1, -0.05) is 12.1 Å². The lowest BCUT2D eigenvalue weighted by Crippen LogP contribution is -2.23. The van der Waals surface area contributed by atoms with Crippen LogP contribution < -0.4 is 4.74 Å². The van der Waals surface area contributed by atoms with Crippen molar-refractivity contribution in [3.05, 3.63) is 53.9 Å². The molecule has 0 radical (unpaired) electrons. The SMILES string of the molecule is N#CCCCOc1cccc(CN2CCC[C@@H]2c2ccc[nH]2)c1. The molecule has 4 nitrogen and oxygen atoms in total. The van der Waals surface area contributed by atoms with E-state index in [1.54, 1.807) is 0 Å². The van der Waals surface area contributed by atoms with Crippen molar-refractivity contribution in [2.45, 2.75) is 38.3 Å². The molecule has 0 amide bonds. The van der Waals surface area contributed by atoms with Gasteiger partial charge in [0.05, 0.1) is 18.7 Å². The zero-order chi connectivity index (χ0) is 15.9. The highest BCUT2D eigenvalue weighted by molar-refractivity contribution is 5.28. The van der Waals surface area contributed by atoms with E-state index in [0.717, 1.165) is 25.3 Å². The maximum atomic E-state index is 8.56. The number of ether oxygens (including phenoxy) is 1. The number of nitrogens with zero attached hydrogens (tertiary/aromatic N) is 2. The van der Waals surface area contributed by atoms with Crippen molar-refractivity contribution < 1.29 is 4.74 Å². The molecule has 1 aliphatic heterocycles. The Balaban J connectivity index is 1.60. The summed E-state index contributed by atoms with van der Waals surface area (Å²) in [4.78, 5) is 5.88. The Hall–Kier alpha value is -2.25. The average Bonchev–Trinajstić information content (AvgIpc) is 3.23. The molecule has 1 fully saturated rings. The fourth-order valence-corrected chi connectivity index (χ4v) is 3.23. The second kappa shape index (κ2) is 7.85. The number of nitrogens with one attached hydrogen (secondary N) is 1. The van der Waals surface area contributed by atoms with E-state index in [1.165, 1.54) is 24.1 Å². The summed E-state index contributed by atoms with van der Waals surface area (Å²) >= 11 is 0. The first-order valence-electron chi connectivity index (χ1n) is 8.33. The van der Waals surface area contributed by atoms with Crippen LogP contribution in [-0.2, 0) is 6.54 Å². The summed E-state index contributed by atoms with van der Waals surface area (Å²) in [5.41, 5.74) is 2.59. The van der Waals surface area contributed by atoms with Crippen molar-refractivity contribution in [1.29, 1.82) is 5.26 Å². The number of hydrogen-bond donors (Lipinski definition) is 1. The molecule has 4 heteroatoms. The third kappa shape index (κ3) is 4.14. The third-order valence-corrected chi connectivity index (χ3v) is 4.33. The molecule has 1 N–H and O–H groups in total. The second-order valence-electron chi connectivity index (χ2n) is 6.01. The summed E-state index contributed by atoms with van der Waals surface area (Å²) in [6, 6.07) is 15.2. The van der Waals surface area contributed by atoms with Crippen molar-refractivity contribution in [2.75, 3.05) is 13.2 Å². The van der Waals surface area contributed by atoms with E-state index in [9.17, 15) is 0 Å². The number of aromatic amines is 1. The van der Waals surface area contributed by atoms with Crippen LogP contribution in [0.25, 0.3) is 0 Å². The van der Waals surface area contributed by atoms with Gasteiger partial charge in [-0.2, -0.15) is 5.26 Å².